The predicted octanol–water partition coefficient (Wildman–Crippen LogP) is 0.618. The molecule has 7 heteroatoms. The number of likely N-dealkylation sites (N-methyl/N-ethyl adjacent to an activating group) is 1. The zero-order valence-corrected chi connectivity index (χ0v) is 10.5. The summed E-state index contributed by atoms with van der Waals surface area (Å²) in [5.74, 6) is 0.249. The van der Waals surface area contributed by atoms with Crippen molar-refractivity contribution in [2.75, 3.05) is 24.7 Å². The number of hydrogen-bond acceptors (Lipinski definition) is 6. The van der Waals surface area contributed by atoms with Crippen molar-refractivity contribution in [1.82, 2.24) is 15.3 Å². The summed E-state index contributed by atoms with van der Waals surface area (Å²) >= 11 is 1.36. The van der Waals surface area contributed by atoms with Crippen molar-refractivity contribution in [2.45, 2.75) is 11.9 Å². The van der Waals surface area contributed by atoms with Crippen LogP contribution in [0.5, 0.6) is 0 Å². The quantitative estimate of drug-likeness (QED) is 0.589. The largest absolute Gasteiger partial charge is 0.360 e. The van der Waals surface area contributed by atoms with Crippen LogP contribution in [0.4, 0.5) is 5.82 Å². The second kappa shape index (κ2) is 6.70. The van der Waals surface area contributed by atoms with Gasteiger partial charge in [-0.3, -0.25) is 4.79 Å². The molecule has 1 rings (SSSR count). The highest BCUT2D eigenvalue weighted by atomic mass is 32.2. The van der Waals surface area contributed by atoms with Gasteiger partial charge >= 0.3 is 0 Å². The van der Waals surface area contributed by atoms with Gasteiger partial charge in [0.25, 0.3) is 0 Å². The Kier molecular flexibility index (Phi) is 5.23. The van der Waals surface area contributed by atoms with Crippen LogP contribution in [0.15, 0.2) is 11.4 Å². The summed E-state index contributed by atoms with van der Waals surface area (Å²) in [5, 5.41) is 15.1. The van der Waals surface area contributed by atoms with Gasteiger partial charge in [0.2, 0.25) is 5.91 Å². The number of carbonyl (C=O) groups is 1. The van der Waals surface area contributed by atoms with Crippen molar-refractivity contribution in [2.24, 2.45) is 0 Å². The molecule has 90 valence electrons. The molecule has 0 unspecified atom stereocenters. The fourth-order valence-corrected chi connectivity index (χ4v) is 1.68. The smallest absolute Gasteiger partial charge is 0.239 e. The van der Waals surface area contributed by atoms with Crippen molar-refractivity contribution in [3.63, 3.8) is 0 Å². The molecule has 17 heavy (non-hydrogen) atoms. The van der Waals surface area contributed by atoms with E-state index in [0.29, 0.717) is 23.0 Å². The molecule has 0 atom stereocenters. The van der Waals surface area contributed by atoms with E-state index in [1.165, 1.54) is 18.1 Å². The Hall–Kier alpha value is -1.81. The Bertz CT molecular complexity index is 443. The van der Waals surface area contributed by atoms with Crippen molar-refractivity contribution in [1.29, 1.82) is 5.26 Å². The van der Waals surface area contributed by atoms with Gasteiger partial charge in [-0.05, 0) is 13.2 Å². The van der Waals surface area contributed by atoms with Crippen molar-refractivity contribution in [3.8, 4) is 6.07 Å². The molecule has 0 saturated heterocycles. The average Bonchev–Trinajstić information content (AvgIpc) is 2.36. The maximum Gasteiger partial charge on any atom is 0.239 e. The number of nitriles is 1. The van der Waals surface area contributed by atoms with Crippen LogP contribution in [-0.2, 0) is 4.79 Å². The average molecular weight is 251 g/mol. The van der Waals surface area contributed by atoms with Gasteiger partial charge in [-0.2, -0.15) is 5.26 Å². The lowest BCUT2D eigenvalue weighted by Crippen LogP contribution is -2.29. The highest BCUT2D eigenvalue weighted by Gasteiger charge is 2.10. The lowest BCUT2D eigenvalue weighted by Gasteiger charge is -2.08. The Morgan fingerprint density at radius 3 is 2.94 bits per heavy atom. The monoisotopic (exact) mass is 251 g/mol. The van der Waals surface area contributed by atoms with Crippen molar-refractivity contribution < 1.29 is 4.79 Å². The molecule has 0 aliphatic heterocycles. The van der Waals surface area contributed by atoms with E-state index in [2.05, 4.69) is 20.6 Å². The molecule has 0 saturated carbocycles. The molecule has 6 nitrogen and oxygen atoms in total. The van der Waals surface area contributed by atoms with Crippen LogP contribution in [0.3, 0.4) is 0 Å². The summed E-state index contributed by atoms with van der Waals surface area (Å²) in [7, 11) is 0. The summed E-state index contributed by atoms with van der Waals surface area (Å²) in [6, 6.07) is 2.03. The van der Waals surface area contributed by atoms with Gasteiger partial charge in [-0.25, -0.2) is 9.97 Å². The van der Waals surface area contributed by atoms with Gasteiger partial charge in [-0.15, -0.1) is 11.8 Å². The van der Waals surface area contributed by atoms with E-state index in [9.17, 15) is 4.79 Å². The molecular weight excluding hydrogens is 238 g/mol. The van der Waals surface area contributed by atoms with E-state index in [1.807, 2.05) is 19.2 Å². The first-order valence-corrected chi connectivity index (χ1v) is 6.25. The number of anilines is 1. The minimum Gasteiger partial charge on any atom is -0.360 e. The van der Waals surface area contributed by atoms with Crippen molar-refractivity contribution >= 4 is 23.5 Å². The Morgan fingerprint density at radius 2 is 2.35 bits per heavy atom. The fraction of sp³-hybridized carbons (Fsp3) is 0.400. The first-order chi connectivity index (χ1) is 8.22. The molecule has 1 amide bonds. The second-order valence-corrected chi connectivity index (χ2v) is 3.82. The third-order valence-electron chi connectivity index (χ3n) is 1.91. The zero-order valence-electron chi connectivity index (χ0n) is 9.65. The zero-order chi connectivity index (χ0) is 12.7. The molecule has 0 bridgehead atoms. The Labute approximate surface area is 104 Å². The number of nitrogens with zero attached hydrogens (tertiary/aromatic N) is 3. The highest BCUT2D eigenvalue weighted by Crippen LogP contribution is 2.21. The highest BCUT2D eigenvalue weighted by molar-refractivity contribution is 7.98. The van der Waals surface area contributed by atoms with Crippen LogP contribution in [0, 0.1) is 11.3 Å². The van der Waals surface area contributed by atoms with Crippen LogP contribution in [0.1, 0.15) is 12.5 Å². The second-order valence-electron chi connectivity index (χ2n) is 3.03. The Balaban J connectivity index is 2.78. The first kappa shape index (κ1) is 13.3. The van der Waals surface area contributed by atoms with E-state index in [1.54, 1.807) is 0 Å². The van der Waals surface area contributed by atoms with Gasteiger partial charge in [0.05, 0.1) is 6.54 Å². The summed E-state index contributed by atoms with van der Waals surface area (Å²) in [6.07, 6.45) is 3.20. The molecule has 1 heterocycles. The number of nitrogens with one attached hydrogen (secondary N) is 2. The van der Waals surface area contributed by atoms with Crippen LogP contribution in [0.2, 0.25) is 0 Å². The van der Waals surface area contributed by atoms with Crippen LogP contribution in [-0.4, -0.2) is 35.2 Å². The Morgan fingerprint density at radius 1 is 1.59 bits per heavy atom. The molecule has 0 aliphatic rings. The van der Waals surface area contributed by atoms with Gasteiger partial charge in [-0.1, -0.05) is 0 Å². The fourth-order valence-electron chi connectivity index (χ4n) is 1.18. The van der Waals surface area contributed by atoms with Crippen LogP contribution >= 0.6 is 11.8 Å². The SMILES string of the molecule is CCNC(=O)CNc1ncnc(SC)c1C#N. The van der Waals surface area contributed by atoms with E-state index < -0.39 is 0 Å². The standard InChI is InChI=1S/C10H13N5OS/c1-3-12-8(16)5-13-9-7(4-11)10(17-2)15-6-14-9/h6H,3,5H2,1-2H3,(H,12,16)(H,13,14,15). The molecular formula is C10H13N5OS. The minimum absolute atomic E-state index is 0.0906. The lowest BCUT2D eigenvalue weighted by atomic mass is 10.3. The number of thioether (sulfide) groups is 1. The molecule has 0 aliphatic carbocycles. The number of hydrogen-bond donors (Lipinski definition) is 2. The van der Waals surface area contributed by atoms with E-state index >= 15 is 0 Å². The molecule has 1 aromatic heterocycles. The van der Waals surface area contributed by atoms with Gasteiger partial charge in [0.1, 0.15) is 28.8 Å². The summed E-state index contributed by atoms with van der Waals surface area (Å²) in [6.45, 7) is 2.51. The van der Waals surface area contributed by atoms with Crippen LogP contribution < -0.4 is 10.6 Å². The molecule has 2 N–H and O–H groups in total. The van der Waals surface area contributed by atoms with E-state index in [0.717, 1.165) is 0 Å². The number of amides is 1. The molecule has 0 spiro atoms. The third kappa shape index (κ3) is 3.60. The third-order valence-corrected chi connectivity index (χ3v) is 2.60. The van der Waals surface area contributed by atoms with Crippen LogP contribution in [0.25, 0.3) is 0 Å². The minimum atomic E-state index is -0.138. The number of aromatic nitrogens is 2. The summed E-state index contributed by atoms with van der Waals surface area (Å²) < 4.78 is 0. The maximum absolute atomic E-state index is 11.3. The topological polar surface area (TPSA) is 90.7 Å². The number of carbonyl (C=O) groups excluding carboxylic acids is 1. The molecule has 0 radical (unpaired) electrons. The molecule has 0 fully saturated rings. The van der Waals surface area contributed by atoms with Crippen molar-refractivity contribution in [3.05, 3.63) is 11.9 Å². The van der Waals surface area contributed by atoms with Gasteiger partial charge in [0.15, 0.2) is 0 Å². The molecule has 1 aromatic rings. The summed E-state index contributed by atoms with van der Waals surface area (Å²) in [5.41, 5.74) is 0.365. The van der Waals surface area contributed by atoms with E-state index in [4.69, 9.17) is 5.26 Å². The predicted molar refractivity (Wildman–Crippen MR) is 65.7 cm³/mol. The first-order valence-electron chi connectivity index (χ1n) is 5.02. The van der Waals surface area contributed by atoms with E-state index in [-0.39, 0.29) is 12.5 Å². The maximum atomic E-state index is 11.3. The normalized spacial score (nSPS) is 9.47. The lowest BCUT2D eigenvalue weighted by molar-refractivity contribution is -0.119. The molecule has 0 aromatic carbocycles. The van der Waals surface area contributed by atoms with Gasteiger partial charge < -0.3 is 10.6 Å². The van der Waals surface area contributed by atoms with Gasteiger partial charge in [0, 0.05) is 6.54 Å². The summed E-state index contributed by atoms with van der Waals surface area (Å²) in [4.78, 5) is 19.2. The number of rotatable bonds is 5.